The standard InChI is InChI=1S/C18H19N5O3S/c1-2-3-8-13-21-22-17(27-13)19-16(26)18-10-9-14(24)23(18)12-7-5-4-6-11(12)15(25)20-18/h4-7H,2-3,8-10H2,1H3,(H,20,25)(H,19,22,26). The maximum Gasteiger partial charge on any atom is 0.273 e. The zero-order chi connectivity index (χ0) is 19.0. The number of benzene rings is 1. The second-order valence-corrected chi connectivity index (χ2v) is 7.68. The number of hydrogen-bond donors (Lipinski definition) is 2. The molecule has 1 unspecified atom stereocenters. The maximum atomic E-state index is 13.1. The molecule has 1 atom stereocenters. The highest BCUT2D eigenvalue weighted by molar-refractivity contribution is 7.15. The summed E-state index contributed by atoms with van der Waals surface area (Å²) in [5.74, 6) is -1.04. The van der Waals surface area contributed by atoms with Gasteiger partial charge < -0.3 is 5.32 Å². The van der Waals surface area contributed by atoms with Crippen molar-refractivity contribution in [1.82, 2.24) is 15.5 Å². The van der Waals surface area contributed by atoms with Crippen molar-refractivity contribution in [2.75, 3.05) is 10.2 Å². The minimum absolute atomic E-state index is 0.180. The highest BCUT2D eigenvalue weighted by Gasteiger charge is 2.56. The topological polar surface area (TPSA) is 104 Å². The van der Waals surface area contributed by atoms with Crippen molar-refractivity contribution in [2.24, 2.45) is 0 Å². The first kappa shape index (κ1) is 17.6. The van der Waals surface area contributed by atoms with E-state index in [9.17, 15) is 14.4 Å². The summed E-state index contributed by atoms with van der Waals surface area (Å²) < 4.78 is 0. The molecule has 4 rings (SSSR count). The summed E-state index contributed by atoms with van der Waals surface area (Å²) in [5, 5.41) is 14.8. The number of aryl methyl sites for hydroxylation is 1. The molecule has 1 saturated heterocycles. The number of rotatable bonds is 5. The van der Waals surface area contributed by atoms with Gasteiger partial charge in [-0.1, -0.05) is 36.8 Å². The van der Waals surface area contributed by atoms with E-state index in [1.165, 1.54) is 16.2 Å². The number of carbonyl (C=O) groups is 3. The predicted octanol–water partition coefficient (Wildman–Crippen LogP) is 2.09. The molecule has 0 bridgehead atoms. The SMILES string of the molecule is CCCCc1nnc(NC(=O)C23CCC(=O)N2c2ccccc2C(=O)N3)s1. The Morgan fingerprint density at radius 3 is 2.96 bits per heavy atom. The largest absolute Gasteiger partial charge is 0.321 e. The maximum absolute atomic E-state index is 13.1. The molecule has 2 N–H and O–H groups in total. The average Bonchev–Trinajstić information content (AvgIpc) is 3.25. The smallest absolute Gasteiger partial charge is 0.273 e. The normalized spacial score (nSPS) is 20.9. The predicted molar refractivity (Wildman–Crippen MR) is 101 cm³/mol. The molecule has 2 aliphatic rings. The Labute approximate surface area is 160 Å². The van der Waals surface area contributed by atoms with Crippen LogP contribution in [-0.4, -0.2) is 33.6 Å². The molecule has 27 heavy (non-hydrogen) atoms. The Kier molecular flexibility index (Phi) is 4.39. The molecule has 2 aromatic rings. The van der Waals surface area contributed by atoms with E-state index in [0.29, 0.717) is 16.4 Å². The zero-order valence-corrected chi connectivity index (χ0v) is 15.6. The Hall–Kier alpha value is -2.81. The molecular formula is C18H19N5O3S. The van der Waals surface area contributed by atoms with Gasteiger partial charge in [-0.25, -0.2) is 0 Å². The van der Waals surface area contributed by atoms with Gasteiger partial charge in [-0.15, -0.1) is 10.2 Å². The van der Waals surface area contributed by atoms with E-state index in [4.69, 9.17) is 0 Å². The number of carbonyl (C=O) groups excluding carboxylic acids is 3. The molecule has 0 aliphatic carbocycles. The van der Waals surface area contributed by atoms with Gasteiger partial charge in [0.15, 0.2) is 0 Å². The average molecular weight is 385 g/mol. The van der Waals surface area contributed by atoms with Crippen LogP contribution >= 0.6 is 11.3 Å². The zero-order valence-electron chi connectivity index (χ0n) is 14.8. The second-order valence-electron chi connectivity index (χ2n) is 6.62. The number of hydrogen-bond acceptors (Lipinski definition) is 6. The van der Waals surface area contributed by atoms with Crippen molar-refractivity contribution in [3.8, 4) is 0 Å². The lowest BCUT2D eigenvalue weighted by Crippen LogP contribution is -2.68. The van der Waals surface area contributed by atoms with Gasteiger partial charge in [-0.05, 0) is 18.6 Å². The summed E-state index contributed by atoms with van der Waals surface area (Å²) in [6, 6.07) is 6.80. The molecule has 3 heterocycles. The third-order valence-electron chi connectivity index (χ3n) is 4.85. The number of nitrogens with one attached hydrogen (secondary N) is 2. The van der Waals surface area contributed by atoms with Crippen LogP contribution in [0.2, 0.25) is 0 Å². The summed E-state index contributed by atoms with van der Waals surface area (Å²) in [6.07, 6.45) is 3.25. The number of aromatic nitrogens is 2. The lowest BCUT2D eigenvalue weighted by molar-refractivity contribution is -0.124. The van der Waals surface area contributed by atoms with E-state index >= 15 is 0 Å². The Bertz CT molecular complexity index is 927. The van der Waals surface area contributed by atoms with E-state index in [0.717, 1.165) is 24.3 Å². The molecule has 2 aliphatic heterocycles. The molecule has 8 nitrogen and oxygen atoms in total. The molecule has 1 fully saturated rings. The third kappa shape index (κ3) is 2.87. The highest BCUT2D eigenvalue weighted by atomic mass is 32.1. The third-order valence-corrected chi connectivity index (χ3v) is 5.75. The molecule has 9 heteroatoms. The summed E-state index contributed by atoms with van der Waals surface area (Å²) >= 11 is 1.31. The first-order valence-electron chi connectivity index (χ1n) is 8.93. The van der Waals surface area contributed by atoms with Crippen LogP contribution in [0.4, 0.5) is 10.8 Å². The fraction of sp³-hybridized carbons (Fsp3) is 0.389. The van der Waals surface area contributed by atoms with Crippen LogP contribution in [0.5, 0.6) is 0 Å². The number of unbranched alkanes of at least 4 members (excludes halogenated alkanes) is 1. The summed E-state index contributed by atoms with van der Waals surface area (Å²) in [6.45, 7) is 2.10. The molecule has 0 radical (unpaired) electrons. The van der Waals surface area contributed by atoms with Gasteiger partial charge >= 0.3 is 0 Å². The molecule has 3 amide bonds. The van der Waals surface area contributed by atoms with Crippen LogP contribution in [0.1, 0.15) is 48.0 Å². The summed E-state index contributed by atoms with van der Waals surface area (Å²) in [4.78, 5) is 39.6. The molecular weight excluding hydrogens is 366 g/mol. The van der Waals surface area contributed by atoms with Crippen LogP contribution in [0, 0.1) is 0 Å². The first-order chi connectivity index (χ1) is 13.0. The van der Waals surface area contributed by atoms with E-state index in [1.54, 1.807) is 24.3 Å². The van der Waals surface area contributed by atoms with E-state index < -0.39 is 11.6 Å². The van der Waals surface area contributed by atoms with Crippen molar-refractivity contribution < 1.29 is 14.4 Å². The molecule has 1 aromatic carbocycles. The minimum Gasteiger partial charge on any atom is -0.321 e. The van der Waals surface area contributed by atoms with Crippen LogP contribution in [-0.2, 0) is 16.0 Å². The van der Waals surface area contributed by atoms with Crippen LogP contribution in [0.3, 0.4) is 0 Å². The lowest BCUT2D eigenvalue weighted by atomic mass is 9.99. The van der Waals surface area contributed by atoms with E-state index in [-0.39, 0.29) is 24.7 Å². The van der Waals surface area contributed by atoms with Crippen LogP contribution in [0.15, 0.2) is 24.3 Å². The van der Waals surface area contributed by atoms with Crippen LogP contribution < -0.4 is 15.5 Å². The van der Waals surface area contributed by atoms with E-state index in [1.807, 2.05) is 0 Å². The van der Waals surface area contributed by atoms with Crippen molar-refractivity contribution in [3.05, 3.63) is 34.8 Å². The van der Waals surface area contributed by atoms with Gasteiger partial charge in [0.05, 0.1) is 11.3 Å². The molecule has 1 aromatic heterocycles. The lowest BCUT2D eigenvalue weighted by Gasteiger charge is -2.41. The Morgan fingerprint density at radius 2 is 2.15 bits per heavy atom. The first-order valence-corrected chi connectivity index (χ1v) is 9.75. The van der Waals surface area contributed by atoms with Gasteiger partial charge in [0.2, 0.25) is 16.7 Å². The monoisotopic (exact) mass is 385 g/mol. The fourth-order valence-electron chi connectivity index (χ4n) is 3.50. The van der Waals surface area contributed by atoms with Gasteiger partial charge in [0.1, 0.15) is 5.01 Å². The van der Waals surface area contributed by atoms with Gasteiger partial charge in [-0.3, -0.25) is 24.6 Å². The highest BCUT2D eigenvalue weighted by Crippen LogP contribution is 2.39. The van der Waals surface area contributed by atoms with Gasteiger partial charge in [0.25, 0.3) is 11.8 Å². The van der Waals surface area contributed by atoms with Crippen molar-refractivity contribution in [3.63, 3.8) is 0 Å². The quantitative estimate of drug-likeness (QED) is 0.820. The van der Waals surface area contributed by atoms with Gasteiger partial charge in [-0.2, -0.15) is 0 Å². The van der Waals surface area contributed by atoms with Crippen molar-refractivity contribution in [2.45, 2.75) is 44.7 Å². The van der Waals surface area contributed by atoms with E-state index in [2.05, 4.69) is 27.8 Å². The summed E-state index contributed by atoms with van der Waals surface area (Å²) in [7, 11) is 0. The molecule has 0 saturated carbocycles. The number of para-hydroxylation sites is 1. The summed E-state index contributed by atoms with van der Waals surface area (Å²) in [5.41, 5.74) is -0.591. The van der Waals surface area contributed by atoms with Gasteiger partial charge in [0, 0.05) is 19.3 Å². The number of amides is 3. The second kappa shape index (κ2) is 6.73. The Morgan fingerprint density at radius 1 is 1.33 bits per heavy atom. The Balaban J connectivity index is 1.63. The number of nitrogens with zero attached hydrogens (tertiary/aromatic N) is 3. The fourth-order valence-corrected chi connectivity index (χ4v) is 4.28. The minimum atomic E-state index is -1.43. The number of anilines is 2. The number of fused-ring (bicyclic) bond motifs is 3. The van der Waals surface area contributed by atoms with Crippen molar-refractivity contribution >= 4 is 39.9 Å². The van der Waals surface area contributed by atoms with Crippen molar-refractivity contribution in [1.29, 1.82) is 0 Å². The van der Waals surface area contributed by atoms with Crippen LogP contribution in [0.25, 0.3) is 0 Å². The molecule has 0 spiro atoms. The molecule has 140 valence electrons.